The molecule has 0 atom stereocenters. The average molecular weight is 447 g/mol. The van der Waals surface area contributed by atoms with E-state index >= 15 is 0 Å². The number of benzene rings is 4. The highest BCUT2D eigenvalue weighted by molar-refractivity contribution is 5.74. The van der Waals surface area contributed by atoms with Gasteiger partial charge in [0.1, 0.15) is 0 Å². The molecule has 4 aromatic rings. The SMILES string of the molecule is CC.CC.Cc1cc(C)cc(C=Cc2ccc(-c3ccc(C=Cc4ccccc4)cc3)cc2)c1. The second kappa shape index (κ2) is 14.5. The highest BCUT2D eigenvalue weighted by atomic mass is 14.0. The molecule has 34 heavy (non-hydrogen) atoms. The minimum absolute atomic E-state index is 1.20. The van der Waals surface area contributed by atoms with Gasteiger partial charge in [0.25, 0.3) is 0 Å². The summed E-state index contributed by atoms with van der Waals surface area (Å²) in [6.07, 6.45) is 8.66. The Morgan fingerprint density at radius 3 is 1.15 bits per heavy atom. The van der Waals surface area contributed by atoms with Crippen molar-refractivity contribution in [3.8, 4) is 11.1 Å². The molecule has 4 aromatic carbocycles. The maximum Gasteiger partial charge on any atom is -0.0184 e. The van der Waals surface area contributed by atoms with Crippen molar-refractivity contribution in [2.24, 2.45) is 0 Å². The average Bonchev–Trinajstić information content (AvgIpc) is 2.89. The molecule has 0 saturated heterocycles. The molecule has 0 aliphatic rings. The fourth-order valence-electron chi connectivity index (χ4n) is 3.63. The number of aryl methyl sites for hydroxylation is 2. The zero-order valence-corrected chi connectivity index (χ0v) is 21.5. The Morgan fingerprint density at radius 2 is 0.735 bits per heavy atom. The van der Waals surface area contributed by atoms with Crippen LogP contribution in [0.3, 0.4) is 0 Å². The molecule has 174 valence electrons. The summed E-state index contributed by atoms with van der Waals surface area (Å²) >= 11 is 0. The van der Waals surface area contributed by atoms with Crippen LogP contribution in [0.25, 0.3) is 35.4 Å². The number of hydrogen-bond donors (Lipinski definition) is 0. The summed E-state index contributed by atoms with van der Waals surface area (Å²) < 4.78 is 0. The van der Waals surface area contributed by atoms with Crippen LogP contribution in [-0.4, -0.2) is 0 Å². The van der Waals surface area contributed by atoms with Crippen LogP contribution in [0, 0.1) is 13.8 Å². The van der Waals surface area contributed by atoms with Crippen molar-refractivity contribution >= 4 is 24.3 Å². The highest BCUT2D eigenvalue weighted by Crippen LogP contribution is 2.22. The summed E-state index contributed by atoms with van der Waals surface area (Å²) in [5.74, 6) is 0. The van der Waals surface area contributed by atoms with Crippen LogP contribution in [-0.2, 0) is 0 Å². The van der Waals surface area contributed by atoms with E-state index in [0.717, 1.165) is 0 Å². The summed E-state index contributed by atoms with van der Waals surface area (Å²) in [6.45, 7) is 12.3. The van der Waals surface area contributed by atoms with Crippen LogP contribution in [0.15, 0.2) is 97.1 Å². The third-order valence-corrected chi connectivity index (χ3v) is 5.13. The Morgan fingerprint density at radius 1 is 0.382 bits per heavy atom. The lowest BCUT2D eigenvalue weighted by molar-refractivity contribution is 1.37. The Kier molecular flexibility index (Phi) is 11.3. The third kappa shape index (κ3) is 8.37. The van der Waals surface area contributed by atoms with Gasteiger partial charge in [0.2, 0.25) is 0 Å². The number of rotatable bonds is 5. The molecule has 0 nitrogen and oxygen atoms in total. The molecule has 0 N–H and O–H groups in total. The van der Waals surface area contributed by atoms with Crippen LogP contribution < -0.4 is 0 Å². The number of hydrogen-bond acceptors (Lipinski definition) is 0. The van der Waals surface area contributed by atoms with Crippen molar-refractivity contribution in [1.29, 1.82) is 0 Å². The smallest absolute Gasteiger partial charge is 0.0184 e. The largest absolute Gasteiger partial charge is 0.0683 e. The molecule has 4 rings (SSSR count). The second-order valence-electron chi connectivity index (χ2n) is 7.74. The van der Waals surface area contributed by atoms with Gasteiger partial charge in [0.05, 0.1) is 0 Å². The van der Waals surface area contributed by atoms with Crippen molar-refractivity contribution in [2.45, 2.75) is 41.5 Å². The van der Waals surface area contributed by atoms with Gasteiger partial charge in [0, 0.05) is 0 Å². The van der Waals surface area contributed by atoms with Crippen molar-refractivity contribution in [2.75, 3.05) is 0 Å². The maximum absolute atomic E-state index is 2.21. The molecular weight excluding hydrogens is 408 g/mol. The van der Waals surface area contributed by atoms with E-state index < -0.39 is 0 Å². The Balaban J connectivity index is 0.000000970. The Hall–Kier alpha value is -3.64. The summed E-state index contributed by atoms with van der Waals surface area (Å²) in [4.78, 5) is 0. The van der Waals surface area contributed by atoms with E-state index in [2.05, 4.69) is 129 Å². The van der Waals surface area contributed by atoms with Crippen LogP contribution in [0.2, 0.25) is 0 Å². The maximum atomic E-state index is 2.21. The summed E-state index contributed by atoms with van der Waals surface area (Å²) in [5.41, 5.74) is 9.94. The molecule has 0 unspecified atom stereocenters. The van der Waals surface area contributed by atoms with E-state index in [0.29, 0.717) is 0 Å². The van der Waals surface area contributed by atoms with Gasteiger partial charge in [-0.3, -0.25) is 0 Å². The quantitative estimate of drug-likeness (QED) is 0.267. The van der Waals surface area contributed by atoms with Gasteiger partial charge in [-0.25, -0.2) is 0 Å². The molecule has 0 saturated carbocycles. The molecule has 0 amide bonds. The second-order valence-corrected chi connectivity index (χ2v) is 7.74. The first-order chi connectivity index (χ1) is 16.7. The molecule has 0 aromatic heterocycles. The Labute approximate surface area is 207 Å². The normalized spacial score (nSPS) is 10.4. The minimum Gasteiger partial charge on any atom is -0.0683 e. The lowest BCUT2D eigenvalue weighted by atomic mass is 10.0. The summed E-state index contributed by atoms with van der Waals surface area (Å²) in [6, 6.07) is 34.5. The molecule has 0 radical (unpaired) electrons. The highest BCUT2D eigenvalue weighted by Gasteiger charge is 1.98. The van der Waals surface area contributed by atoms with Crippen LogP contribution in [0.5, 0.6) is 0 Å². The van der Waals surface area contributed by atoms with Crippen molar-refractivity contribution in [3.05, 3.63) is 130 Å². The van der Waals surface area contributed by atoms with Gasteiger partial charge in [-0.2, -0.15) is 0 Å². The van der Waals surface area contributed by atoms with Gasteiger partial charge in [-0.05, 0) is 47.2 Å². The first-order valence-corrected chi connectivity index (χ1v) is 12.4. The standard InChI is InChI=1S/C30H26.2C2H6/c1-23-20-24(2)22-28(21-23)11-10-27-14-18-30(19-15-27)29-16-12-26(13-17-29)9-8-25-6-4-3-5-7-25;2*1-2/h3-22H,1-2H3;2*1-2H3. The fraction of sp³-hybridized carbons (Fsp3) is 0.176. The monoisotopic (exact) mass is 446 g/mol. The first-order valence-electron chi connectivity index (χ1n) is 12.4. The van der Waals surface area contributed by atoms with Gasteiger partial charge in [-0.1, -0.05) is 160 Å². The molecular formula is C34H38. The van der Waals surface area contributed by atoms with Gasteiger partial charge in [0.15, 0.2) is 0 Å². The molecule has 0 aliphatic carbocycles. The lowest BCUT2D eigenvalue weighted by Crippen LogP contribution is -1.81. The van der Waals surface area contributed by atoms with Crippen LogP contribution >= 0.6 is 0 Å². The lowest BCUT2D eigenvalue weighted by Gasteiger charge is -2.04. The van der Waals surface area contributed by atoms with Gasteiger partial charge >= 0.3 is 0 Å². The summed E-state index contributed by atoms with van der Waals surface area (Å²) in [5, 5.41) is 0. The third-order valence-electron chi connectivity index (χ3n) is 5.13. The van der Waals surface area contributed by atoms with Crippen molar-refractivity contribution in [1.82, 2.24) is 0 Å². The van der Waals surface area contributed by atoms with Crippen LogP contribution in [0.4, 0.5) is 0 Å². The van der Waals surface area contributed by atoms with E-state index in [1.807, 2.05) is 33.8 Å². The zero-order valence-electron chi connectivity index (χ0n) is 21.5. The molecule has 0 bridgehead atoms. The van der Waals surface area contributed by atoms with Gasteiger partial charge in [-0.15, -0.1) is 0 Å². The zero-order chi connectivity index (χ0) is 24.8. The molecule has 0 fully saturated rings. The Bertz CT molecular complexity index is 1140. The minimum atomic E-state index is 1.20. The van der Waals surface area contributed by atoms with E-state index in [9.17, 15) is 0 Å². The van der Waals surface area contributed by atoms with E-state index in [-0.39, 0.29) is 0 Å². The van der Waals surface area contributed by atoms with Crippen LogP contribution in [0.1, 0.15) is 61.1 Å². The predicted molar refractivity (Wildman–Crippen MR) is 155 cm³/mol. The van der Waals surface area contributed by atoms with E-state index in [1.165, 1.54) is 44.5 Å². The van der Waals surface area contributed by atoms with Crippen molar-refractivity contribution in [3.63, 3.8) is 0 Å². The van der Waals surface area contributed by atoms with Crippen molar-refractivity contribution < 1.29 is 0 Å². The topological polar surface area (TPSA) is 0 Å². The molecule has 0 heterocycles. The van der Waals surface area contributed by atoms with Gasteiger partial charge < -0.3 is 0 Å². The van der Waals surface area contributed by atoms with E-state index in [1.54, 1.807) is 0 Å². The molecule has 0 heteroatoms. The van der Waals surface area contributed by atoms with E-state index in [4.69, 9.17) is 0 Å². The molecule has 0 aliphatic heterocycles. The summed E-state index contributed by atoms with van der Waals surface area (Å²) in [7, 11) is 0. The first kappa shape index (κ1) is 26.6. The molecule has 0 spiro atoms. The fourth-order valence-corrected chi connectivity index (χ4v) is 3.63. The predicted octanol–water partition coefficient (Wildman–Crippen LogP) is 10.4.